The van der Waals surface area contributed by atoms with Gasteiger partial charge < -0.3 is 15.1 Å². The van der Waals surface area contributed by atoms with Gasteiger partial charge >= 0.3 is 0 Å². The Hall–Kier alpha value is -1.01. The Balaban J connectivity index is 0.00000261. The van der Waals surface area contributed by atoms with Crippen LogP contribution in [-0.4, -0.2) is 49.4 Å². The predicted octanol–water partition coefficient (Wildman–Crippen LogP) is 3.62. The van der Waals surface area contributed by atoms with Crippen molar-refractivity contribution in [2.75, 3.05) is 37.6 Å². The Morgan fingerprint density at radius 3 is 2.56 bits per heavy atom. The van der Waals surface area contributed by atoms with Gasteiger partial charge in [0.15, 0.2) is 0 Å². The summed E-state index contributed by atoms with van der Waals surface area (Å²) in [6, 6.07) is 5.05. The summed E-state index contributed by atoms with van der Waals surface area (Å²) in [7, 11) is 0. The molecule has 0 aliphatic carbocycles. The van der Waals surface area contributed by atoms with Crippen LogP contribution in [-0.2, 0) is 9.59 Å². The van der Waals surface area contributed by atoms with Gasteiger partial charge in [-0.1, -0.05) is 30.1 Å². The quantitative estimate of drug-likeness (QED) is 0.720. The fraction of sp³-hybridized carbons (Fsp3) is 0.579. The molecule has 2 amide bonds. The third kappa shape index (κ3) is 5.08. The number of piperidine rings is 1. The smallest absolute Gasteiger partial charge is 0.239 e. The Bertz CT molecular complexity index is 678. The summed E-state index contributed by atoms with van der Waals surface area (Å²) in [6.45, 7) is 6.03. The second-order valence-corrected chi connectivity index (χ2v) is 7.85. The molecule has 0 radical (unpaired) electrons. The maximum absolute atomic E-state index is 12.9. The zero-order valence-corrected chi connectivity index (χ0v) is 17.7. The highest BCUT2D eigenvalue weighted by Gasteiger charge is 2.40. The number of rotatable bonds is 5. The fourth-order valence-corrected chi connectivity index (χ4v) is 4.15. The lowest BCUT2D eigenvalue weighted by atomic mass is 9.95. The first-order valence-corrected chi connectivity index (χ1v) is 10.0. The van der Waals surface area contributed by atoms with Crippen LogP contribution >= 0.6 is 35.6 Å². The molecule has 150 valence electrons. The van der Waals surface area contributed by atoms with E-state index in [2.05, 4.69) is 12.2 Å². The number of hydrogen-bond donors (Lipinski definition) is 1. The minimum absolute atomic E-state index is 0. The average molecular weight is 435 g/mol. The molecule has 1 aromatic rings. The van der Waals surface area contributed by atoms with Crippen molar-refractivity contribution in [3.05, 3.63) is 28.2 Å². The fourth-order valence-electron chi connectivity index (χ4n) is 3.77. The molecule has 8 heteroatoms. The SMILES string of the molecule is CCNCC1CCN(C(=O)C2CCN(c3cc(Cl)ccc3Cl)C2=O)CC1.Cl. The first-order valence-electron chi connectivity index (χ1n) is 9.27. The van der Waals surface area contributed by atoms with Gasteiger partial charge in [-0.05, 0) is 56.5 Å². The van der Waals surface area contributed by atoms with E-state index in [9.17, 15) is 9.59 Å². The lowest BCUT2D eigenvalue weighted by Gasteiger charge is -2.33. The van der Waals surface area contributed by atoms with Crippen molar-refractivity contribution in [3.8, 4) is 0 Å². The maximum atomic E-state index is 12.9. The van der Waals surface area contributed by atoms with E-state index >= 15 is 0 Å². The van der Waals surface area contributed by atoms with Gasteiger partial charge in [-0.2, -0.15) is 0 Å². The van der Waals surface area contributed by atoms with Crippen LogP contribution in [0.4, 0.5) is 5.69 Å². The number of nitrogens with zero attached hydrogens (tertiary/aromatic N) is 2. The second kappa shape index (κ2) is 9.97. The number of halogens is 3. The van der Waals surface area contributed by atoms with Crippen LogP contribution in [0.15, 0.2) is 18.2 Å². The van der Waals surface area contributed by atoms with Gasteiger partial charge in [-0.15, -0.1) is 12.4 Å². The molecule has 2 heterocycles. The lowest BCUT2D eigenvalue weighted by Crippen LogP contribution is -2.45. The summed E-state index contributed by atoms with van der Waals surface area (Å²) >= 11 is 12.3. The molecule has 27 heavy (non-hydrogen) atoms. The number of amides is 2. The number of nitrogens with one attached hydrogen (secondary N) is 1. The highest BCUT2D eigenvalue weighted by Crippen LogP contribution is 2.34. The van der Waals surface area contributed by atoms with Gasteiger partial charge in [0.05, 0.1) is 10.7 Å². The Kier molecular flexibility index (Phi) is 8.22. The highest BCUT2D eigenvalue weighted by atomic mass is 35.5. The Morgan fingerprint density at radius 2 is 1.89 bits per heavy atom. The van der Waals surface area contributed by atoms with Crippen molar-refractivity contribution in [2.24, 2.45) is 11.8 Å². The van der Waals surface area contributed by atoms with Gasteiger partial charge in [0.2, 0.25) is 11.8 Å². The van der Waals surface area contributed by atoms with Crippen molar-refractivity contribution in [3.63, 3.8) is 0 Å². The zero-order chi connectivity index (χ0) is 18.7. The van der Waals surface area contributed by atoms with E-state index in [0.717, 1.165) is 39.0 Å². The van der Waals surface area contributed by atoms with Crippen molar-refractivity contribution >= 4 is 53.1 Å². The monoisotopic (exact) mass is 433 g/mol. The van der Waals surface area contributed by atoms with Crippen LogP contribution in [0.25, 0.3) is 0 Å². The van der Waals surface area contributed by atoms with E-state index in [1.54, 1.807) is 23.1 Å². The zero-order valence-electron chi connectivity index (χ0n) is 15.4. The average Bonchev–Trinajstić information content (AvgIpc) is 3.03. The highest BCUT2D eigenvalue weighted by molar-refractivity contribution is 6.36. The van der Waals surface area contributed by atoms with E-state index in [1.165, 1.54) is 0 Å². The van der Waals surface area contributed by atoms with E-state index < -0.39 is 5.92 Å². The summed E-state index contributed by atoms with van der Waals surface area (Å²) in [4.78, 5) is 29.1. The molecule has 1 atom stereocenters. The number of hydrogen-bond acceptors (Lipinski definition) is 3. The van der Waals surface area contributed by atoms with Gasteiger partial charge in [-0.25, -0.2) is 0 Å². The molecule has 2 fully saturated rings. The van der Waals surface area contributed by atoms with E-state index in [-0.39, 0.29) is 24.2 Å². The van der Waals surface area contributed by atoms with Crippen LogP contribution in [0.1, 0.15) is 26.2 Å². The van der Waals surface area contributed by atoms with Gasteiger partial charge in [0.1, 0.15) is 5.92 Å². The number of carbonyl (C=O) groups excluding carboxylic acids is 2. The maximum Gasteiger partial charge on any atom is 0.239 e. The van der Waals surface area contributed by atoms with Gasteiger partial charge in [0, 0.05) is 24.7 Å². The number of carbonyl (C=O) groups is 2. The van der Waals surface area contributed by atoms with Crippen LogP contribution in [0.2, 0.25) is 10.0 Å². The summed E-state index contributed by atoms with van der Waals surface area (Å²) in [6.07, 6.45) is 2.50. The summed E-state index contributed by atoms with van der Waals surface area (Å²) in [5.74, 6) is -0.207. The molecule has 0 spiro atoms. The van der Waals surface area contributed by atoms with Gasteiger partial charge in [0.25, 0.3) is 0 Å². The van der Waals surface area contributed by atoms with Crippen molar-refractivity contribution in [1.82, 2.24) is 10.2 Å². The molecular weight excluding hydrogens is 409 g/mol. The molecule has 1 unspecified atom stereocenters. The largest absolute Gasteiger partial charge is 0.342 e. The Labute approximate surface area is 176 Å². The molecule has 1 aromatic carbocycles. The van der Waals surface area contributed by atoms with E-state index in [4.69, 9.17) is 23.2 Å². The second-order valence-electron chi connectivity index (χ2n) is 7.00. The van der Waals surface area contributed by atoms with Crippen molar-refractivity contribution in [2.45, 2.75) is 26.2 Å². The molecule has 0 saturated carbocycles. The molecule has 3 rings (SSSR count). The van der Waals surface area contributed by atoms with Gasteiger partial charge in [-0.3, -0.25) is 9.59 Å². The topological polar surface area (TPSA) is 52.7 Å². The molecule has 2 aliphatic heterocycles. The predicted molar refractivity (Wildman–Crippen MR) is 112 cm³/mol. The normalized spacial score (nSPS) is 20.7. The first kappa shape index (κ1) is 22.3. The third-order valence-corrected chi connectivity index (χ3v) is 5.87. The first-order chi connectivity index (χ1) is 12.5. The van der Waals surface area contributed by atoms with E-state index in [0.29, 0.717) is 34.6 Å². The molecule has 0 aromatic heterocycles. The molecule has 2 saturated heterocycles. The summed E-state index contributed by atoms with van der Waals surface area (Å²) in [5.41, 5.74) is 0.587. The summed E-state index contributed by atoms with van der Waals surface area (Å²) < 4.78 is 0. The van der Waals surface area contributed by atoms with Crippen LogP contribution < -0.4 is 10.2 Å². The van der Waals surface area contributed by atoms with Crippen LogP contribution in [0, 0.1) is 11.8 Å². The number of benzene rings is 1. The molecular formula is C19H26Cl3N3O2. The Morgan fingerprint density at radius 1 is 1.19 bits per heavy atom. The van der Waals surface area contributed by atoms with Crippen molar-refractivity contribution < 1.29 is 9.59 Å². The van der Waals surface area contributed by atoms with Crippen LogP contribution in [0.3, 0.4) is 0 Å². The number of anilines is 1. The minimum Gasteiger partial charge on any atom is -0.342 e. The molecule has 2 aliphatic rings. The lowest BCUT2D eigenvalue weighted by molar-refractivity contribution is -0.141. The summed E-state index contributed by atoms with van der Waals surface area (Å²) in [5, 5.41) is 4.37. The molecule has 0 bridgehead atoms. The van der Waals surface area contributed by atoms with E-state index in [1.807, 2.05) is 4.90 Å². The van der Waals surface area contributed by atoms with Crippen molar-refractivity contribution in [1.29, 1.82) is 0 Å². The minimum atomic E-state index is -0.602. The molecule has 1 N–H and O–H groups in total. The molecule has 5 nitrogen and oxygen atoms in total. The number of likely N-dealkylation sites (tertiary alicyclic amines) is 1. The standard InChI is InChI=1S/C19H25Cl2N3O2.ClH/c1-2-22-12-13-5-8-23(9-6-13)18(25)15-7-10-24(19(15)26)17-11-14(20)3-4-16(17)21;/h3-4,11,13,15,22H,2,5-10,12H2,1H3;1H. The van der Waals surface area contributed by atoms with Crippen LogP contribution in [0.5, 0.6) is 0 Å². The third-order valence-electron chi connectivity index (χ3n) is 5.31.